The summed E-state index contributed by atoms with van der Waals surface area (Å²) < 4.78 is 0. The molecule has 0 aliphatic heterocycles. The minimum Gasteiger partial charge on any atom is -0.342 e. The van der Waals surface area contributed by atoms with Crippen molar-refractivity contribution in [2.45, 2.75) is 40.0 Å². The molecule has 0 spiro atoms. The molecule has 0 atom stereocenters. The molecule has 0 amide bonds. The molecule has 0 unspecified atom stereocenters. The zero-order valence-electron chi connectivity index (χ0n) is 10.1. The van der Waals surface area contributed by atoms with E-state index in [1.807, 2.05) is 6.92 Å². The second-order valence-corrected chi connectivity index (χ2v) is 5.22. The summed E-state index contributed by atoms with van der Waals surface area (Å²) in [5.41, 5.74) is 5.13. The molecular weight excluding hydrogens is 184 g/mol. The Balaban J connectivity index is 2.85. The van der Waals surface area contributed by atoms with Crippen molar-refractivity contribution in [3.8, 4) is 0 Å². The van der Waals surface area contributed by atoms with Crippen LogP contribution in [0.1, 0.15) is 37.7 Å². The number of hydrogen-bond acceptors (Lipinski definition) is 1. The first-order chi connectivity index (χ1) is 6.89. The molecule has 0 radical (unpaired) electrons. The van der Waals surface area contributed by atoms with E-state index in [0.717, 1.165) is 11.3 Å². The van der Waals surface area contributed by atoms with Gasteiger partial charge in [0.15, 0.2) is 0 Å². The molecule has 1 N–H and O–H groups in total. The molecule has 80 valence electrons. The lowest BCUT2D eigenvalue weighted by atomic mass is 9.83. The third-order valence-corrected chi connectivity index (χ3v) is 2.74. The van der Waals surface area contributed by atoms with Gasteiger partial charge in [-0.25, -0.2) is 4.98 Å². The number of nitrogens with zero attached hydrogens (tertiary/aromatic N) is 1. The van der Waals surface area contributed by atoms with Gasteiger partial charge >= 0.3 is 0 Å². The second kappa shape index (κ2) is 3.09. The molecule has 2 nitrogen and oxygen atoms in total. The Morgan fingerprint density at radius 2 is 1.80 bits per heavy atom. The molecule has 15 heavy (non-hydrogen) atoms. The number of benzene rings is 1. The largest absolute Gasteiger partial charge is 0.342 e. The minimum atomic E-state index is 0.155. The Morgan fingerprint density at radius 1 is 1.13 bits per heavy atom. The summed E-state index contributed by atoms with van der Waals surface area (Å²) in [6.07, 6.45) is 0. The molecule has 0 bridgehead atoms. The Labute approximate surface area is 90.7 Å². The highest BCUT2D eigenvalue weighted by molar-refractivity contribution is 5.81. The zero-order chi connectivity index (χ0) is 11.2. The molecule has 1 heterocycles. The summed E-state index contributed by atoms with van der Waals surface area (Å²) >= 11 is 0. The van der Waals surface area contributed by atoms with Gasteiger partial charge in [0.25, 0.3) is 0 Å². The fourth-order valence-corrected chi connectivity index (χ4v) is 2.27. The SMILES string of the molecule is Cc1nc2ccc(C)c(C(C)(C)C)c2[nH]1. The lowest BCUT2D eigenvalue weighted by Crippen LogP contribution is -2.13. The number of fused-ring (bicyclic) bond motifs is 1. The summed E-state index contributed by atoms with van der Waals surface area (Å²) in [5, 5.41) is 0. The van der Waals surface area contributed by atoms with E-state index in [2.05, 4.69) is 49.8 Å². The van der Waals surface area contributed by atoms with Crippen LogP contribution in [-0.2, 0) is 5.41 Å². The van der Waals surface area contributed by atoms with Crippen LogP contribution < -0.4 is 0 Å². The predicted molar refractivity (Wildman–Crippen MR) is 64.3 cm³/mol. The van der Waals surface area contributed by atoms with Gasteiger partial charge in [-0.2, -0.15) is 0 Å². The molecule has 0 aliphatic rings. The van der Waals surface area contributed by atoms with E-state index in [0.29, 0.717) is 0 Å². The number of nitrogens with one attached hydrogen (secondary N) is 1. The van der Waals surface area contributed by atoms with Crippen LogP contribution in [0.25, 0.3) is 11.0 Å². The highest BCUT2D eigenvalue weighted by atomic mass is 14.9. The van der Waals surface area contributed by atoms with E-state index in [4.69, 9.17) is 0 Å². The van der Waals surface area contributed by atoms with Crippen molar-refractivity contribution in [1.29, 1.82) is 0 Å². The molecule has 0 fully saturated rings. The van der Waals surface area contributed by atoms with E-state index in [9.17, 15) is 0 Å². The van der Waals surface area contributed by atoms with Gasteiger partial charge in [-0.3, -0.25) is 0 Å². The van der Waals surface area contributed by atoms with E-state index in [1.165, 1.54) is 16.6 Å². The molecule has 1 aromatic heterocycles. The van der Waals surface area contributed by atoms with E-state index in [-0.39, 0.29) is 5.41 Å². The van der Waals surface area contributed by atoms with Gasteiger partial charge in [0.1, 0.15) is 5.82 Å². The third kappa shape index (κ3) is 1.65. The fourth-order valence-electron chi connectivity index (χ4n) is 2.27. The van der Waals surface area contributed by atoms with E-state index < -0.39 is 0 Å². The van der Waals surface area contributed by atoms with Crippen molar-refractivity contribution in [3.05, 3.63) is 29.1 Å². The maximum absolute atomic E-state index is 4.47. The minimum absolute atomic E-state index is 0.155. The molecule has 2 aromatic rings. The molecule has 0 saturated heterocycles. The number of imidazole rings is 1. The molecule has 1 aromatic carbocycles. The third-order valence-electron chi connectivity index (χ3n) is 2.74. The van der Waals surface area contributed by atoms with Gasteiger partial charge in [0.2, 0.25) is 0 Å². The number of aryl methyl sites for hydroxylation is 2. The first-order valence-corrected chi connectivity index (χ1v) is 5.36. The first kappa shape index (κ1) is 10.2. The van der Waals surface area contributed by atoms with Gasteiger partial charge in [0, 0.05) is 0 Å². The topological polar surface area (TPSA) is 28.7 Å². The van der Waals surface area contributed by atoms with Gasteiger partial charge in [-0.1, -0.05) is 26.8 Å². The quantitative estimate of drug-likeness (QED) is 0.696. The number of aromatic nitrogens is 2. The maximum atomic E-state index is 4.47. The number of H-pyrrole nitrogens is 1. The van der Waals surface area contributed by atoms with Gasteiger partial charge < -0.3 is 4.98 Å². The highest BCUT2D eigenvalue weighted by Gasteiger charge is 2.20. The van der Waals surface area contributed by atoms with Crippen molar-refractivity contribution < 1.29 is 0 Å². The average Bonchev–Trinajstić information content (AvgIpc) is 2.41. The normalized spacial score (nSPS) is 12.3. The Morgan fingerprint density at radius 3 is 2.40 bits per heavy atom. The molecule has 0 saturated carbocycles. The van der Waals surface area contributed by atoms with Crippen molar-refractivity contribution in [2.75, 3.05) is 0 Å². The van der Waals surface area contributed by atoms with Crippen LogP contribution in [0.3, 0.4) is 0 Å². The van der Waals surface area contributed by atoms with Crippen LogP contribution in [0.2, 0.25) is 0 Å². The molecule has 2 heteroatoms. The zero-order valence-corrected chi connectivity index (χ0v) is 10.1. The van der Waals surface area contributed by atoms with Gasteiger partial charge in [0.05, 0.1) is 11.0 Å². The van der Waals surface area contributed by atoms with Crippen molar-refractivity contribution in [3.63, 3.8) is 0 Å². The summed E-state index contributed by atoms with van der Waals surface area (Å²) in [4.78, 5) is 7.84. The van der Waals surface area contributed by atoms with Crippen molar-refractivity contribution in [1.82, 2.24) is 9.97 Å². The maximum Gasteiger partial charge on any atom is 0.104 e. The average molecular weight is 202 g/mol. The Kier molecular flexibility index (Phi) is 2.10. The Hall–Kier alpha value is -1.31. The monoisotopic (exact) mass is 202 g/mol. The van der Waals surface area contributed by atoms with Crippen LogP contribution in [0.15, 0.2) is 12.1 Å². The van der Waals surface area contributed by atoms with Crippen LogP contribution in [0.4, 0.5) is 0 Å². The Bertz CT molecular complexity index is 501. The number of aromatic amines is 1. The van der Waals surface area contributed by atoms with Crippen LogP contribution in [0, 0.1) is 13.8 Å². The lowest BCUT2D eigenvalue weighted by Gasteiger charge is -2.22. The van der Waals surface area contributed by atoms with E-state index >= 15 is 0 Å². The summed E-state index contributed by atoms with van der Waals surface area (Å²) in [6.45, 7) is 10.9. The second-order valence-electron chi connectivity index (χ2n) is 5.22. The van der Waals surface area contributed by atoms with Crippen molar-refractivity contribution >= 4 is 11.0 Å². The van der Waals surface area contributed by atoms with Gasteiger partial charge in [-0.15, -0.1) is 0 Å². The highest BCUT2D eigenvalue weighted by Crippen LogP contribution is 2.31. The van der Waals surface area contributed by atoms with Crippen LogP contribution in [-0.4, -0.2) is 9.97 Å². The van der Waals surface area contributed by atoms with Gasteiger partial charge in [-0.05, 0) is 36.5 Å². The van der Waals surface area contributed by atoms with Crippen LogP contribution in [0.5, 0.6) is 0 Å². The number of rotatable bonds is 0. The first-order valence-electron chi connectivity index (χ1n) is 5.36. The van der Waals surface area contributed by atoms with Crippen LogP contribution >= 0.6 is 0 Å². The standard InChI is InChI=1S/C13H18N2/c1-8-6-7-10-12(15-9(2)14-10)11(8)13(3,4)5/h6-7H,1-5H3,(H,14,15). The fraction of sp³-hybridized carbons (Fsp3) is 0.462. The molecule has 2 rings (SSSR count). The predicted octanol–water partition coefficient (Wildman–Crippen LogP) is 3.48. The summed E-state index contributed by atoms with van der Waals surface area (Å²) in [6, 6.07) is 4.24. The smallest absolute Gasteiger partial charge is 0.104 e. The van der Waals surface area contributed by atoms with Crippen molar-refractivity contribution in [2.24, 2.45) is 0 Å². The molecular formula is C13H18N2. The summed E-state index contributed by atoms with van der Waals surface area (Å²) in [7, 11) is 0. The van der Waals surface area contributed by atoms with E-state index in [1.54, 1.807) is 0 Å². The number of hydrogen-bond donors (Lipinski definition) is 1. The lowest BCUT2D eigenvalue weighted by molar-refractivity contribution is 0.591. The molecule has 0 aliphatic carbocycles. The summed E-state index contributed by atoms with van der Waals surface area (Å²) in [5.74, 6) is 0.987.